The van der Waals surface area contributed by atoms with Crippen LogP contribution in [0.25, 0.3) is 0 Å². The van der Waals surface area contributed by atoms with Gasteiger partial charge in [-0.15, -0.1) is 11.3 Å². The van der Waals surface area contributed by atoms with Crippen LogP contribution in [0.5, 0.6) is 0 Å². The SMILES string of the molecule is Nc1ncc(C[C@H]2C(=O)N(C[NH+]([O-])C(c3ccccc3)c3ccccc3)[C@@H]2C(=O)O)s1. The summed E-state index contributed by atoms with van der Waals surface area (Å²) >= 11 is 1.23. The summed E-state index contributed by atoms with van der Waals surface area (Å²) in [4.78, 5) is 30.5. The van der Waals surface area contributed by atoms with Crippen molar-refractivity contribution >= 4 is 28.3 Å². The predicted molar refractivity (Wildman–Crippen MR) is 116 cm³/mol. The Kier molecular flexibility index (Phi) is 5.99. The van der Waals surface area contributed by atoms with Crippen LogP contribution in [0.15, 0.2) is 66.9 Å². The van der Waals surface area contributed by atoms with Crippen molar-refractivity contribution in [2.75, 3.05) is 12.4 Å². The number of aliphatic carboxylic acids is 1. The summed E-state index contributed by atoms with van der Waals surface area (Å²) in [5.74, 6) is -2.18. The molecule has 0 aliphatic carbocycles. The van der Waals surface area contributed by atoms with Gasteiger partial charge in [0, 0.05) is 22.2 Å². The average molecular weight is 439 g/mol. The summed E-state index contributed by atoms with van der Waals surface area (Å²) in [5, 5.41) is 23.2. The van der Waals surface area contributed by atoms with Gasteiger partial charge in [-0.3, -0.25) is 9.69 Å². The highest BCUT2D eigenvalue weighted by molar-refractivity contribution is 7.15. The maximum absolute atomic E-state index is 13.3. The molecule has 0 bridgehead atoms. The molecule has 4 N–H and O–H groups in total. The second-order valence-electron chi connectivity index (χ2n) is 7.45. The molecule has 8 nitrogen and oxygen atoms in total. The van der Waals surface area contributed by atoms with Crippen LogP contribution in [-0.4, -0.2) is 39.6 Å². The van der Waals surface area contributed by atoms with Crippen molar-refractivity contribution in [1.29, 1.82) is 0 Å². The van der Waals surface area contributed by atoms with Crippen LogP contribution in [0.3, 0.4) is 0 Å². The van der Waals surface area contributed by atoms with Crippen LogP contribution in [-0.2, 0) is 16.0 Å². The standard InChI is InChI=1S/C22H22N4O4S/c23-22-24-12-16(31-22)11-17-19(21(28)29)25(20(17)27)13-26(30)18(14-7-3-1-4-8-14)15-9-5-2-6-10-15/h1-10,12,17-19,26H,11,13H2,(H2,23,24)(H,28,29)/t17-,19+/m1/s1. The Hall–Kier alpha value is -3.27. The van der Waals surface area contributed by atoms with E-state index < -0.39 is 24.0 Å². The van der Waals surface area contributed by atoms with Crippen molar-refractivity contribution in [3.05, 3.63) is 88.1 Å². The molecule has 2 aromatic carbocycles. The molecule has 4 rings (SSSR count). The molecule has 1 amide bonds. The van der Waals surface area contributed by atoms with E-state index in [0.29, 0.717) is 5.13 Å². The third-order valence-corrected chi connectivity index (χ3v) is 6.33. The van der Waals surface area contributed by atoms with Gasteiger partial charge in [-0.05, 0) is 6.42 Å². The van der Waals surface area contributed by atoms with Crippen LogP contribution >= 0.6 is 11.3 Å². The number of hydrogen-bond acceptors (Lipinski definition) is 6. The van der Waals surface area contributed by atoms with E-state index in [2.05, 4.69) is 4.98 Å². The first-order chi connectivity index (χ1) is 15.0. The molecular weight excluding hydrogens is 416 g/mol. The number of hydroxylamine groups is 2. The molecule has 1 fully saturated rings. The number of amides is 1. The van der Waals surface area contributed by atoms with Gasteiger partial charge in [0.25, 0.3) is 0 Å². The zero-order valence-corrected chi connectivity index (χ0v) is 17.4. The zero-order chi connectivity index (χ0) is 22.0. The van der Waals surface area contributed by atoms with Gasteiger partial charge in [0.1, 0.15) is 12.1 Å². The minimum atomic E-state index is -1.12. The Balaban J connectivity index is 1.54. The molecule has 1 aromatic heterocycles. The molecule has 9 heteroatoms. The lowest BCUT2D eigenvalue weighted by molar-refractivity contribution is -0.885. The number of nitrogen functional groups attached to an aromatic ring is 1. The molecule has 2 heterocycles. The Morgan fingerprint density at radius 1 is 1.16 bits per heavy atom. The number of carboxylic acids is 1. The molecule has 1 aliphatic rings. The number of aromatic nitrogens is 1. The van der Waals surface area contributed by atoms with Gasteiger partial charge in [-0.1, -0.05) is 60.7 Å². The van der Waals surface area contributed by atoms with Gasteiger partial charge in [-0.2, -0.15) is 0 Å². The number of benzene rings is 2. The average Bonchev–Trinajstić information content (AvgIpc) is 3.18. The molecule has 3 atom stereocenters. The first kappa shape index (κ1) is 21.0. The molecule has 1 aliphatic heterocycles. The highest BCUT2D eigenvalue weighted by Gasteiger charge is 2.53. The highest BCUT2D eigenvalue weighted by Crippen LogP contribution is 2.31. The Morgan fingerprint density at radius 3 is 2.23 bits per heavy atom. The minimum Gasteiger partial charge on any atom is -0.632 e. The molecule has 1 unspecified atom stereocenters. The lowest BCUT2D eigenvalue weighted by atomic mass is 9.84. The number of nitrogens with zero attached hydrogens (tertiary/aromatic N) is 2. The topological polar surface area (TPSA) is 124 Å². The molecule has 31 heavy (non-hydrogen) atoms. The fraction of sp³-hybridized carbons (Fsp3) is 0.227. The van der Waals surface area contributed by atoms with Gasteiger partial charge < -0.3 is 21.1 Å². The number of nitrogens with two attached hydrogens (primary N) is 1. The number of quaternary nitrogens is 1. The zero-order valence-electron chi connectivity index (χ0n) is 16.5. The first-order valence-electron chi connectivity index (χ1n) is 9.81. The second kappa shape index (κ2) is 8.84. The summed E-state index contributed by atoms with van der Waals surface area (Å²) in [6.07, 6.45) is 1.80. The largest absolute Gasteiger partial charge is 0.632 e. The number of β-lactam (4-membered cyclic amide) rings is 1. The number of likely N-dealkylation sites (tertiary alicyclic amines) is 1. The van der Waals surface area contributed by atoms with Crippen molar-refractivity contribution in [3.8, 4) is 0 Å². The van der Waals surface area contributed by atoms with Crippen LogP contribution in [0.4, 0.5) is 5.13 Å². The number of anilines is 1. The monoisotopic (exact) mass is 438 g/mol. The molecule has 3 aromatic rings. The molecule has 1 saturated heterocycles. The number of nitrogens with one attached hydrogen (secondary N) is 1. The quantitative estimate of drug-likeness (QED) is 0.360. The third-order valence-electron chi connectivity index (χ3n) is 5.48. The lowest BCUT2D eigenvalue weighted by Gasteiger charge is -2.47. The number of carboxylic acid groups (broad SMARTS) is 1. The number of carbonyl (C=O) groups is 2. The van der Waals surface area contributed by atoms with E-state index in [1.54, 1.807) is 6.20 Å². The van der Waals surface area contributed by atoms with Gasteiger partial charge in [0.15, 0.2) is 11.8 Å². The first-order valence-corrected chi connectivity index (χ1v) is 10.6. The van der Waals surface area contributed by atoms with Gasteiger partial charge in [0.2, 0.25) is 5.91 Å². The van der Waals surface area contributed by atoms with Gasteiger partial charge in [-0.25, -0.2) is 9.78 Å². The van der Waals surface area contributed by atoms with Crippen LogP contribution in [0, 0.1) is 11.1 Å². The van der Waals surface area contributed by atoms with Crippen molar-refractivity contribution in [2.24, 2.45) is 5.92 Å². The maximum Gasteiger partial charge on any atom is 0.327 e. The maximum atomic E-state index is 13.3. The fourth-order valence-corrected chi connectivity index (χ4v) is 4.79. The second-order valence-corrected chi connectivity index (χ2v) is 8.59. The van der Waals surface area contributed by atoms with E-state index in [0.717, 1.165) is 16.0 Å². The Bertz CT molecular complexity index is 1020. The van der Waals surface area contributed by atoms with Gasteiger partial charge >= 0.3 is 5.97 Å². The van der Waals surface area contributed by atoms with E-state index >= 15 is 0 Å². The summed E-state index contributed by atoms with van der Waals surface area (Å²) in [7, 11) is 0. The molecular formula is C22H22N4O4S. The fourth-order valence-electron chi connectivity index (χ4n) is 4.05. The number of thiazole rings is 1. The molecule has 0 radical (unpaired) electrons. The summed E-state index contributed by atoms with van der Waals surface area (Å²) in [5.41, 5.74) is 7.23. The van der Waals surface area contributed by atoms with E-state index in [4.69, 9.17) is 5.73 Å². The van der Waals surface area contributed by atoms with E-state index in [9.17, 15) is 19.9 Å². The number of carbonyl (C=O) groups excluding carboxylic acids is 1. The smallest absolute Gasteiger partial charge is 0.327 e. The van der Waals surface area contributed by atoms with E-state index in [1.165, 1.54) is 16.2 Å². The van der Waals surface area contributed by atoms with E-state index in [-0.39, 0.29) is 24.1 Å². The van der Waals surface area contributed by atoms with Crippen LogP contribution in [0.1, 0.15) is 22.0 Å². The minimum absolute atomic E-state index is 0.225. The normalized spacial score (nSPS) is 19.3. The molecule has 0 spiro atoms. The number of hydrogen-bond donors (Lipinski definition) is 3. The van der Waals surface area contributed by atoms with Gasteiger partial charge in [0.05, 0.1) is 5.92 Å². The Labute approximate surface area is 183 Å². The van der Waals surface area contributed by atoms with Crippen molar-refractivity contribution in [3.63, 3.8) is 0 Å². The molecule has 160 valence electrons. The highest BCUT2D eigenvalue weighted by atomic mass is 32.1. The van der Waals surface area contributed by atoms with E-state index in [1.807, 2.05) is 60.7 Å². The summed E-state index contributed by atoms with van der Waals surface area (Å²) in [6.45, 7) is -0.258. The lowest BCUT2D eigenvalue weighted by Crippen LogP contribution is -3.10. The third kappa shape index (κ3) is 4.29. The van der Waals surface area contributed by atoms with Crippen molar-refractivity contribution in [2.45, 2.75) is 18.5 Å². The summed E-state index contributed by atoms with van der Waals surface area (Å²) < 4.78 is 0. The molecule has 0 saturated carbocycles. The van der Waals surface area contributed by atoms with Crippen molar-refractivity contribution in [1.82, 2.24) is 9.88 Å². The summed E-state index contributed by atoms with van der Waals surface area (Å²) in [6, 6.07) is 17.0. The van der Waals surface area contributed by atoms with Crippen LogP contribution in [0.2, 0.25) is 0 Å². The predicted octanol–water partition coefficient (Wildman–Crippen LogP) is 1.31. The van der Waals surface area contributed by atoms with Crippen LogP contribution < -0.4 is 10.8 Å². The number of rotatable bonds is 8. The Morgan fingerprint density at radius 2 is 1.74 bits per heavy atom. The van der Waals surface area contributed by atoms with Crippen molar-refractivity contribution < 1.29 is 19.8 Å².